The molecular formula is C24H21NO5. The minimum atomic E-state index is -0.794. The van der Waals surface area contributed by atoms with Crippen molar-refractivity contribution in [3.63, 3.8) is 0 Å². The van der Waals surface area contributed by atoms with Crippen molar-refractivity contribution < 1.29 is 23.8 Å². The molecule has 0 bridgehead atoms. The topological polar surface area (TPSA) is 80.0 Å². The highest BCUT2D eigenvalue weighted by atomic mass is 16.5. The first kappa shape index (κ1) is 19.5. The minimum absolute atomic E-state index is 0.0129. The van der Waals surface area contributed by atoms with Gasteiger partial charge in [-0.15, -0.1) is 0 Å². The molecule has 2 aromatic carbocycles. The van der Waals surface area contributed by atoms with Crippen molar-refractivity contribution in [3.05, 3.63) is 95.6 Å². The molecule has 1 aliphatic rings. The van der Waals surface area contributed by atoms with Crippen LogP contribution in [0.2, 0.25) is 0 Å². The first-order valence-corrected chi connectivity index (χ1v) is 9.74. The third kappa shape index (κ3) is 3.48. The summed E-state index contributed by atoms with van der Waals surface area (Å²) in [6, 6.07) is 18.5. The van der Waals surface area contributed by atoms with Crippen molar-refractivity contribution in [2.45, 2.75) is 19.4 Å². The highest BCUT2D eigenvalue weighted by Gasteiger charge is 2.45. The molecule has 0 spiro atoms. The lowest BCUT2D eigenvalue weighted by Gasteiger charge is -2.27. The zero-order chi connectivity index (χ0) is 21.1. The number of carbonyl (C=O) groups is 2. The summed E-state index contributed by atoms with van der Waals surface area (Å²) < 4.78 is 10.9. The van der Waals surface area contributed by atoms with Gasteiger partial charge in [0.25, 0.3) is 5.91 Å². The lowest BCUT2D eigenvalue weighted by molar-refractivity contribution is -0.117. The quantitative estimate of drug-likeness (QED) is 0.571. The van der Waals surface area contributed by atoms with Crippen molar-refractivity contribution in [2.24, 2.45) is 0 Å². The molecule has 3 aromatic rings. The molecule has 6 nitrogen and oxygen atoms in total. The highest BCUT2D eigenvalue weighted by Crippen LogP contribution is 2.42. The second kappa shape index (κ2) is 8.29. The Hall–Kier alpha value is -3.80. The van der Waals surface area contributed by atoms with Crippen LogP contribution in [0, 0.1) is 0 Å². The lowest BCUT2D eigenvalue weighted by atomic mass is 9.95. The van der Waals surface area contributed by atoms with E-state index in [9.17, 15) is 14.7 Å². The maximum atomic E-state index is 13.1. The molecule has 30 heavy (non-hydrogen) atoms. The SMILES string of the molecule is CCCOc1cccc(N2C(=O)C(O)=C(C(=O)c3ccco3)C2c2ccccc2)c1. The molecule has 0 fully saturated rings. The van der Waals surface area contributed by atoms with E-state index < -0.39 is 23.5 Å². The van der Waals surface area contributed by atoms with Gasteiger partial charge in [-0.05, 0) is 36.2 Å². The number of furan rings is 1. The molecule has 1 aliphatic heterocycles. The van der Waals surface area contributed by atoms with Gasteiger partial charge in [0, 0.05) is 11.8 Å². The predicted octanol–water partition coefficient (Wildman–Crippen LogP) is 4.85. The summed E-state index contributed by atoms with van der Waals surface area (Å²) in [5, 5.41) is 10.7. The van der Waals surface area contributed by atoms with Crippen LogP contribution in [0.25, 0.3) is 0 Å². The zero-order valence-electron chi connectivity index (χ0n) is 16.4. The number of hydrogen-bond donors (Lipinski definition) is 1. The molecule has 6 heteroatoms. The van der Waals surface area contributed by atoms with Crippen LogP contribution in [0.5, 0.6) is 5.75 Å². The maximum absolute atomic E-state index is 13.1. The van der Waals surface area contributed by atoms with E-state index in [1.54, 1.807) is 30.3 Å². The van der Waals surface area contributed by atoms with Crippen LogP contribution in [0.3, 0.4) is 0 Å². The van der Waals surface area contributed by atoms with Crippen molar-refractivity contribution in [1.82, 2.24) is 0 Å². The summed E-state index contributed by atoms with van der Waals surface area (Å²) in [7, 11) is 0. The molecular weight excluding hydrogens is 382 g/mol. The number of hydrogen-bond acceptors (Lipinski definition) is 5. The van der Waals surface area contributed by atoms with Gasteiger partial charge in [0.05, 0.1) is 24.5 Å². The number of Topliss-reactive ketones (excluding diaryl/α,β-unsaturated/α-hetero) is 1. The fourth-order valence-corrected chi connectivity index (χ4v) is 3.54. The van der Waals surface area contributed by atoms with Gasteiger partial charge in [-0.1, -0.05) is 43.3 Å². The smallest absolute Gasteiger partial charge is 0.294 e. The van der Waals surface area contributed by atoms with E-state index in [-0.39, 0.29) is 11.3 Å². The van der Waals surface area contributed by atoms with Crippen molar-refractivity contribution in [3.8, 4) is 5.75 Å². The van der Waals surface area contributed by atoms with Crippen LogP contribution >= 0.6 is 0 Å². The Kier molecular flexibility index (Phi) is 5.39. The summed E-state index contributed by atoms with van der Waals surface area (Å²) in [6.45, 7) is 2.55. The second-order valence-electron chi connectivity index (χ2n) is 6.90. The number of ketones is 1. The van der Waals surface area contributed by atoms with Crippen LogP contribution in [-0.2, 0) is 4.79 Å². The third-order valence-corrected chi connectivity index (χ3v) is 4.88. The maximum Gasteiger partial charge on any atom is 0.294 e. The first-order valence-electron chi connectivity index (χ1n) is 9.74. The van der Waals surface area contributed by atoms with E-state index in [1.165, 1.54) is 17.2 Å². The molecule has 1 amide bonds. The monoisotopic (exact) mass is 403 g/mol. The second-order valence-corrected chi connectivity index (χ2v) is 6.90. The Morgan fingerprint density at radius 1 is 1.10 bits per heavy atom. The number of rotatable bonds is 7. The Morgan fingerprint density at radius 3 is 2.60 bits per heavy atom. The summed E-state index contributed by atoms with van der Waals surface area (Å²) in [4.78, 5) is 27.6. The Balaban J connectivity index is 1.81. The van der Waals surface area contributed by atoms with Crippen molar-refractivity contribution >= 4 is 17.4 Å². The fourth-order valence-electron chi connectivity index (χ4n) is 3.54. The Bertz CT molecular complexity index is 1090. The fraction of sp³-hybridized carbons (Fsp3) is 0.167. The minimum Gasteiger partial charge on any atom is -0.503 e. The van der Waals surface area contributed by atoms with Gasteiger partial charge in [-0.2, -0.15) is 0 Å². The molecule has 1 N–H and O–H groups in total. The molecule has 1 atom stereocenters. The number of nitrogens with zero attached hydrogens (tertiary/aromatic N) is 1. The van der Waals surface area contributed by atoms with E-state index in [1.807, 2.05) is 37.3 Å². The summed E-state index contributed by atoms with van der Waals surface area (Å²) in [5.74, 6) is -1.08. The molecule has 0 radical (unpaired) electrons. The van der Waals surface area contributed by atoms with Gasteiger partial charge >= 0.3 is 0 Å². The average Bonchev–Trinajstić information content (AvgIpc) is 3.40. The normalized spacial score (nSPS) is 16.2. The molecule has 0 saturated carbocycles. The van der Waals surface area contributed by atoms with Crippen molar-refractivity contribution in [1.29, 1.82) is 0 Å². The van der Waals surface area contributed by atoms with Gasteiger partial charge in [0.15, 0.2) is 11.5 Å². The molecule has 152 valence electrons. The van der Waals surface area contributed by atoms with Crippen LogP contribution < -0.4 is 9.64 Å². The zero-order valence-corrected chi connectivity index (χ0v) is 16.4. The van der Waals surface area contributed by atoms with E-state index in [0.717, 1.165) is 6.42 Å². The van der Waals surface area contributed by atoms with Crippen LogP contribution in [0.4, 0.5) is 5.69 Å². The number of carbonyl (C=O) groups excluding carboxylic acids is 2. The summed E-state index contributed by atoms with van der Waals surface area (Å²) in [6.07, 6.45) is 2.23. The number of aliphatic hydroxyl groups excluding tert-OH is 1. The largest absolute Gasteiger partial charge is 0.503 e. The van der Waals surface area contributed by atoms with E-state index in [0.29, 0.717) is 23.6 Å². The van der Waals surface area contributed by atoms with Gasteiger partial charge in [0.2, 0.25) is 5.78 Å². The molecule has 0 saturated heterocycles. The number of aliphatic hydroxyl groups is 1. The standard InChI is InChI=1S/C24H21NO5/c1-2-13-29-18-11-6-10-17(15-18)25-21(16-8-4-3-5-9-16)20(23(27)24(25)28)22(26)19-12-7-14-30-19/h3-12,14-15,21,27H,2,13H2,1H3. The van der Waals surface area contributed by atoms with Crippen LogP contribution in [0.15, 0.2) is 88.7 Å². The van der Waals surface area contributed by atoms with Gasteiger partial charge in [-0.3, -0.25) is 14.5 Å². The number of ether oxygens (including phenoxy) is 1. The molecule has 4 rings (SSSR count). The van der Waals surface area contributed by atoms with Gasteiger partial charge < -0.3 is 14.3 Å². The first-order chi connectivity index (χ1) is 14.6. The number of anilines is 1. The average molecular weight is 403 g/mol. The third-order valence-electron chi connectivity index (χ3n) is 4.88. The van der Waals surface area contributed by atoms with E-state index in [4.69, 9.17) is 9.15 Å². The summed E-state index contributed by atoms with van der Waals surface area (Å²) in [5.41, 5.74) is 1.21. The Labute approximate surface area is 174 Å². The van der Waals surface area contributed by atoms with Gasteiger partial charge in [-0.25, -0.2) is 0 Å². The van der Waals surface area contributed by atoms with Crippen LogP contribution in [-0.4, -0.2) is 23.4 Å². The van der Waals surface area contributed by atoms with E-state index >= 15 is 0 Å². The highest BCUT2D eigenvalue weighted by molar-refractivity contribution is 6.20. The number of benzene rings is 2. The summed E-state index contributed by atoms with van der Waals surface area (Å²) >= 11 is 0. The van der Waals surface area contributed by atoms with E-state index in [2.05, 4.69) is 0 Å². The molecule has 2 heterocycles. The Morgan fingerprint density at radius 2 is 1.90 bits per heavy atom. The number of amides is 1. The van der Waals surface area contributed by atoms with Crippen LogP contribution in [0.1, 0.15) is 35.5 Å². The van der Waals surface area contributed by atoms with Crippen molar-refractivity contribution in [2.75, 3.05) is 11.5 Å². The molecule has 1 unspecified atom stereocenters. The molecule has 1 aromatic heterocycles. The lowest BCUT2D eigenvalue weighted by Crippen LogP contribution is -2.31. The molecule has 0 aliphatic carbocycles. The van der Waals surface area contributed by atoms with Gasteiger partial charge in [0.1, 0.15) is 5.75 Å². The predicted molar refractivity (Wildman–Crippen MR) is 112 cm³/mol.